The first-order chi connectivity index (χ1) is 10.3. The average molecular weight is 281 g/mol. The number of likely N-dealkylation sites (N-methyl/N-ethyl adjacent to an activating group) is 1. The molecule has 0 amide bonds. The molecule has 21 heavy (non-hydrogen) atoms. The lowest BCUT2D eigenvalue weighted by Gasteiger charge is -2.18. The Labute approximate surface area is 127 Å². The van der Waals surface area contributed by atoms with E-state index in [1.165, 1.54) is 22.3 Å². The summed E-state index contributed by atoms with van der Waals surface area (Å²) in [5.41, 5.74) is 5.28. The van der Waals surface area contributed by atoms with Crippen LogP contribution in [0.25, 0.3) is 11.1 Å². The molecule has 1 unspecified atom stereocenters. The Bertz CT molecular complexity index is 603. The molecule has 0 radical (unpaired) electrons. The van der Waals surface area contributed by atoms with Crippen molar-refractivity contribution in [3.8, 4) is 16.9 Å². The number of nitrogens with one attached hydrogen (secondary N) is 1. The third-order valence-corrected chi connectivity index (χ3v) is 4.23. The summed E-state index contributed by atoms with van der Waals surface area (Å²) in [6, 6.07) is 16.0. The normalized spacial score (nSPS) is 15.1. The van der Waals surface area contributed by atoms with Crippen molar-refractivity contribution in [2.24, 2.45) is 0 Å². The molecule has 1 aliphatic rings. The van der Waals surface area contributed by atoms with Crippen LogP contribution in [0, 0.1) is 0 Å². The smallest absolute Gasteiger partial charge is 0.122 e. The summed E-state index contributed by atoms with van der Waals surface area (Å²) >= 11 is 0. The van der Waals surface area contributed by atoms with Gasteiger partial charge in [-0.1, -0.05) is 30.3 Å². The van der Waals surface area contributed by atoms with Crippen LogP contribution in [0.1, 0.15) is 24.5 Å². The van der Waals surface area contributed by atoms with Gasteiger partial charge in [-0.05, 0) is 67.6 Å². The highest BCUT2D eigenvalue weighted by Gasteiger charge is 2.11. The molecule has 2 aromatic carbocycles. The molecule has 0 bridgehead atoms. The summed E-state index contributed by atoms with van der Waals surface area (Å²) in [6.07, 6.45) is 3.31. The van der Waals surface area contributed by atoms with E-state index in [2.05, 4.69) is 54.7 Å². The molecule has 1 heterocycles. The Morgan fingerprint density at radius 3 is 2.62 bits per heavy atom. The van der Waals surface area contributed by atoms with Gasteiger partial charge < -0.3 is 10.1 Å². The third kappa shape index (κ3) is 3.27. The predicted octanol–water partition coefficient (Wildman–Crippen LogP) is 3.83. The molecule has 0 aliphatic carbocycles. The SMILES string of the molecule is CNC(C)Cc1ccc(-c2ccc3c(c2)CCCO3)cc1. The number of hydrogen-bond donors (Lipinski definition) is 1. The van der Waals surface area contributed by atoms with Crippen molar-refractivity contribution in [2.75, 3.05) is 13.7 Å². The van der Waals surface area contributed by atoms with Crippen molar-refractivity contribution >= 4 is 0 Å². The first-order valence-corrected chi connectivity index (χ1v) is 7.78. The fourth-order valence-corrected chi connectivity index (χ4v) is 2.83. The van der Waals surface area contributed by atoms with Gasteiger partial charge in [0.1, 0.15) is 5.75 Å². The third-order valence-electron chi connectivity index (χ3n) is 4.23. The quantitative estimate of drug-likeness (QED) is 0.919. The highest BCUT2D eigenvalue weighted by Crippen LogP contribution is 2.30. The summed E-state index contributed by atoms with van der Waals surface area (Å²) in [6.45, 7) is 3.06. The Balaban J connectivity index is 1.80. The van der Waals surface area contributed by atoms with Gasteiger partial charge in [0.2, 0.25) is 0 Å². The van der Waals surface area contributed by atoms with Gasteiger partial charge in [-0.15, -0.1) is 0 Å². The van der Waals surface area contributed by atoms with Crippen molar-refractivity contribution < 1.29 is 4.74 Å². The highest BCUT2D eigenvalue weighted by molar-refractivity contribution is 5.66. The van der Waals surface area contributed by atoms with E-state index in [9.17, 15) is 0 Å². The van der Waals surface area contributed by atoms with E-state index in [1.54, 1.807) is 0 Å². The molecule has 1 N–H and O–H groups in total. The van der Waals surface area contributed by atoms with Crippen molar-refractivity contribution in [3.63, 3.8) is 0 Å². The summed E-state index contributed by atoms with van der Waals surface area (Å²) in [5.74, 6) is 1.06. The zero-order valence-corrected chi connectivity index (χ0v) is 12.9. The van der Waals surface area contributed by atoms with E-state index in [0.717, 1.165) is 31.6 Å². The van der Waals surface area contributed by atoms with Gasteiger partial charge in [-0.3, -0.25) is 0 Å². The lowest BCUT2D eigenvalue weighted by atomic mass is 9.97. The maximum Gasteiger partial charge on any atom is 0.122 e. The zero-order valence-electron chi connectivity index (χ0n) is 12.9. The van der Waals surface area contributed by atoms with Crippen molar-refractivity contribution in [3.05, 3.63) is 53.6 Å². The van der Waals surface area contributed by atoms with Gasteiger partial charge in [0.15, 0.2) is 0 Å². The second-order valence-corrected chi connectivity index (χ2v) is 5.87. The van der Waals surface area contributed by atoms with Crippen LogP contribution in [0.2, 0.25) is 0 Å². The predicted molar refractivity (Wildman–Crippen MR) is 87.9 cm³/mol. The zero-order chi connectivity index (χ0) is 14.7. The standard InChI is InChI=1S/C19H23NO/c1-14(20-2)12-15-5-7-16(8-6-15)17-9-10-19-18(13-17)4-3-11-21-19/h5-10,13-14,20H,3-4,11-12H2,1-2H3. The first kappa shape index (κ1) is 14.2. The summed E-state index contributed by atoms with van der Waals surface area (Å²) < 4.78 is 5.68. The second kappa shape index (κ2) is 6.31. The fourth-order valence-electron chi connectivity index (χ4n) is 2.83. The largest absolute Gasteiger partial charge is 0.493 e. The van der Waals surface area contributed by atoms with E-state index >= 15 is 0 Å². The minimum Gasteiger partial charge on any atom is -0.493 e. The number of aryl methyl sites for hydroxylation is 1. The van der Waals surface area contributed by atoms with Crippen LogP contribution in [0.5, 0.6) is 5.75 Å². The molecule has 2 aromatic rings. The van der Waals surface area contributed by atoms with Gasteiger partial charge in [-0.25, -0.2) is 0 Å². The van der Waals surface area contributed by atoms with Gasteiger partial charge in [0, 0.05) is 6.04 Å². The Morgan fingerprint density at radius 1 is 1.10 bits per heavy atom. The number of benzene rings is 2. The number of ether oxygens (including phenoxy) is 1. The number of rotatable bonds is 4. The summed E-state index contributed by atoms with van der Waals surface area (Å²) in [7, 11) is 2.01. The van der Waals surface area contributed by atoms with Crippen molar-refractivity contribution in [1.82, 2.24) is 5.32 Å². The summed E-state index contributed by atoms with van der Waals surface area (Å²) in [5, 5.41) is 3.28. The lowest BCUT2D eigenvalue weighted by molar-refractivity contribution is 0.288. The molecule has 0 aromatic heterocycles. The average Bonchev–Trinajstić information content (AvgIpc) is 2.55. The van der Waals surface area contributed by atoms with Crippen LogP contribution in [0.3, 0.4) is 0 Å². The van der Waals surface area contributed by atoms with E-state index in [0.29, 0.717) is 6.04 Å². The van der Waals surface area contributed by atoms with Gasteiger partial charge in [-0.2, -0.15) is 0 Å². The first-order valence-electron chi connectivity index (χ1n) is 7.78. The monoisotopic (exact) mass is 281 g/mol. The minimum absolute atomic E-state index is 0.511. The minimum atomic E-state index is 0.511. The number of hydrogen-bond acceptors (Lipinski definition) is 2. The molecule has 0 spiro atoms. The van der Waals surface area contributed by atoms with Crippen LogP contribution in [0.4, 0.5) is 0 Å². The maximum absolute atomic E-state index is 5.68. The Kier molecular flexibility index (Phi) is 4.26. The van der Waals surface area contributed by atoms with E-state index in [4.69, 9.17) is 4.74 Å². The number of fused-ring (bicyclic) bond motifs is 1. The Hall–Kier alpha value is -1.80. The van der Waals surface area contributed by atoms with Gasteiger partial charge >= 0.3 is 0 Å². The Morgan fingerprint density at radius 2 is 1.86 bits per heavy atom. The van der Waals surface area contributed by atoms with Gasteiger partial charge in [0.25, 0.3) is 0 Å². The van der Waals surface area contributed by atoms with Crippen LogP contribution in [-0.4, -0.2) is 19.7 Å². The summed E-state index contributed by atoms with van der Waals surface area (Å²) in [4.78, 5) is 0. The molecule has 0 fully saturated rings. The van der Waals surface area contributed by atoms with E-state index < -0.39 is 0 Å². The fraction of sp³-hybridized carbons (Fsp3) is 0.368. The van der Waals surface area contributed by atoms with Crippen molar-refractivity contribution in [2.45, 2.75) is 32.2 Å². The molecule has 2 heteroatoms. The van der Waals surface area contributed by atoms with Crippen LogP contribution < -0.4 is 10.1 Å². The molecule has 3 rings (SSSR count). The van der Waals surface area contributed by atoms with Gasteiger partial charge in [0.05, 0.1) is 6.61 Å². The van der Waals surface area contributed by atoms with E-state index in [1.807, 2.05) is 7.05 Å². The maximum atomic E-state index is 5.68. The van der Waals surface area contributed by atoms with Crippen LogP contribution in [-0.2, 0) is 12.8 Å². The molecule has 0 saturated heterocycles. The van der Waals surface area contributed by atoms with E-state index in [-0.39, 0.29) is 0 Å². The molecule has 110 valence electrons. The molecular weight excluding hydrogens is 258 g/mol. The molecular formula is C19H23NO. The molecule has 1 atom stereocenters. The van der Waals surface area contributed by atoms with Crippen LogP contribution in [0.15, 0.2) is 42.5 Å². The molecule has 1 aliphatic heterocycles. The molecule has 0 saturated carbocycles. The topological polar surface area (TPSA) is 21.3 Å². The van der Waals surface area contributed by atoms with Crippen molar-refractivity contribution in [1.29, 1.82) is 0 Å². The highest BCUT2D eigenvalue weighted by atomic mass is 16.5. The lowest BCUT2D eigenvalue weighted by Crippen LogP contribution is -2.23. The van der Waals surface area contributed by atoms with Crippen LogP contribution >= 0.6 is 0 Å². The molecule has 2 nitrogen and oxygen atoms in total. The second-order valence-electron chi connectivity index (χ2n) is 5.87.